The lowest BCUT2D eigenvalue weighted by molar-refractivity contribution is -0.130. The summed E-state index contributed by atoms with van der Waals surface area (Å²) in [5, 5.41) is 7.84. The maximum atomic E-state index is 12.3. The first-order chi connectivity index (χ1) is 11.7. The van der Waals surface area contributed by atoms with Gasteiger partial charge in [-0.3, -0.25) is 4.79 Å². The molecule has 1 aromatic heterocycles. The van der Waals surface area contributed by atoms with Gasteiger partial charge in [0.05, 0.1) is 13.7 Å². The smallest absolute Gasteiger partial charge is 0.233 e. The zero-order chi connectivity index (χ0) is 16.8. The van der Waals surface area contributed by atoms with Gasteiger partial charge < -0.3 is 14.4 Å². The van der Waals surface area contributed by atoms with E-state index in [9.17, 15) is 4.79 Å². The van der Waals surface area contributed by atoms with Crippen molar-refractivity contribution in [3.05, 3.63) is 48.0 Å². The van der Waals surface area contributed by atoms with Crippen molar-refractivity contribution in [2.75, 3.05) is 20.2 Å². The molecule has 0 spiro atoms. The number of hydrogen-bond donors (Lipinski definition) is 0. The number of likely N-dealkylation sites (tertiary alicyclic amines) is 1. The Balaban J connectivity index is 1.46. The van der Waals surface area contributed by atoms with Crippen molar-refractivity contribution in [3.8, 4) is 11.8 Å². The van der Waals surface area contributed by atoms with Crippen LogP contribution in [0.2, 0.25) is 0 Å². The minimum Gasteiger partial charge on any atom is -0.480 e. The van der Waals surface area contributed by atoms with Crippen molar-refractivity contribution < 1.29 is 14.3 Å². The number of carbonyl (C=O) groups is 1. The molecule has 24 heavy (non-hydrogen) atoms. The van der Waals surface area contributed by atoms with Crippen LogP contribution in [0.3, 0.4) is 0 Å². The van der Waals surface area contributed by atoms with E-state index in [1.807, 2.05) is 35.2 Å². The van der Waals surface area contributed by atoms with Crippen molar-refractivity contribution in [1.29, 1.82) is 0 Å². The van der Waals surface area contributed by atoms with Crippen LogP contribution in [0.25, 0.3) is 0 Å². The number of methoxy groups -OCH3 is 1. The van der Waals surface area contributed by atoms with Crippen molar-refractivity contribution in [2.45, 2.75) is 25.4 Å². The molecule has 1 atom stereocenters. The van der Waals surface area contributed by atoms with E-state index in [0.29, 0.717) is 24.7 Å². The fraction of sp³-hybridized carbons (Fsp3) is 0.389. The van der Waals surface area contributed by atoms with Gasteiger partial charge in [0.2, 0.25) is 17.7 Å². The highest BCUT2D eigenvalue weighted by molar-refractivity contribution is 5.76. The summed E-state index contributed by atoms with van der Waals surface area (Å²) < 4.78 is 10.8. The monoisotopic (exact) mass is 327 g/mol. The van der Waals surface area contributed by atoms with E-state index in [0.717, 1.165) is 19.4 Å². The number of benzene rings is 1. The fourth-order valence-electron chi connectivity index (χ4n) is 2.76. The number of nitrogens with zero attached hydrogens (tertiary/aromatic N) is 3. The standard InChI is InChI=1S/C18H21N3O3/c1-23-16-8-9-17(20-19-16)24-15-11-12-21(13-15)18(22)10-7-14-5-3-2-4-6-14/h2-6,8-9,15H,7,10-13H2,1H3/t15-/m1/s1. The van der Waals surface area contributed by atoms with Gasteiger partial charge in [0, 0.05) is 31.5 Å². The van der Waals surface area contributed by atoms with Crippen LogP contribution in [0.5, 0.6) is 11.8 Å². The Morgan fingerprint density at radius 3 is 2.62 bits per heavy atom. The molecule has 0 aliphatic carbocycles. The second-order valence-electron chi connectivity index (χ2n) is 5.77. The van der Waals surface area contributed by atoms with Crippen LogP contribution >= 0.6 is 0 Å². The molecule has 6 nitrogen and oxygen atoms in total. The van der Waals surface area contributed by atoms with Crippen LogP contribution in [-0.2, 0) is 11.2 Å². The lowest BCUT2D eigenvalue weighted by Crippen LogP contribution is -2.31. The number of ether oxygens (including phenoxy) is 2. The third-order valence-electron chi connectivity index (χ3n) is 4.08. The maximum absolute atomic E-state index is 12.3. The Bertz CT molecular complexity index is 661. The summed E-state index contributed by atoms with van der Waals surface area (Å²) in [5.74, 6) is 1.08. The van der Waals surface area contributed by atoms with Crippen molar-refractivity contribution in [3.63, 3.8) is 0 Å². The molecule has 2 heterocycles. The first kappa shape index (κ1) is 16.2. The molecular formula is C18H21N3O3. The topological polar surface area (TPSA) is 64.6 Å². The largest absolute Gasteiger partial charge is 0.480 e. The molecule has 1 fully saturated rings. The number of rotatable bonds is 6. The van der Waals surface area contributed by atoms with Crippen LogP contribution in [0.4, 0.5) is 0 Å². The van der Waals surface area contributed by atoms with Gasteiger partial charge in [0.15, 0.2) is 0 Å². The minimum atomic E-state index is -0.0339. The third-order valence-corrected chi connectivity index (χ3v) is 4.08. The van der Waals surface area contributed by atoms with Crippen molar-refractivity contribution in [1.82, 2.24) is 15.1 Å². The van der Waals surface area contributed by atoms with E-state index >= 15 is 0 Å². The molecule has 6 heteroatoms. The molecule has 0 radical (unpaired) electrons. The zero-order valence-corrected chi connectivity index (χ0v) is 13.7. The van der Waals surface area contributed by atoms with Gasteiger partial charge >= 0.3 is 0 Å². The SMILES string of the molecule is COc1ccc(O[C@@H]2CCN(C(=O)CCc3ccccc3)C2)nn1. The van der Waals surface area contributed by atoms with E-state index < -0.39 is 0 Å². The zero-order valence-electron chi connectivity index (χ0n) is 13.7. The van der Waals surface area contributed by atoms with Gasteiger partial charge in [0.1, 0.15) is 6.10 Å². The van der Waals surface area contributed by atoms with Crippen LogP contribution in [0, 0.1) is 0 Å². The first-order valence-electron chi connectivity index (χ1n) is 8.10. The molecule has 0 N–H and O–H groups in total. The number of hydrogen-bond acceptors (Lipinski definition) is 5. The Morgan fingerprint density at radius 1 is 1.17 bits per heavy atom. The van der Waals surface area contributed by atoms with E-state index in [1.54, 1.807) is 19.2 Å². The summed E-state index contributed by atoms with van der Waals surface area (Å²) in [5.41, 5.74) is 1.19. The Hall–Kier alpha value is -2.63. The molecule has 0 bridgehead atoms. The third kappa shape index (κ3) is 4.22. The molecule has 2 aromatic rings. The van der Waals surface area contributed by atoms with Gasteiger partial charge in [-0.15, -0.1) is 10.2 Å². The summed E-state index contributed by atoms with van der Waals surface area (Å²) in [6.07, 6.45) is 2.07. The summed E-state index contributed by atoms with van der Waals surface area (Å²) in [6.45, 7) is 1.32. The molecular weight excluding hydrogens is 306 g/mol. The summed E-state index contributed by atoms with van der Waals surface area (Å²) >= 11 is 0. The number of amides is 1. The minimum absolute atomic E-state index is 0.0339. The Kier molecular flexibility index (Phi) is 5.25. The molecule has 126 valence electrons. The highest BCUT2D eigenvalue weighted by Crippen LogP contribution is 2.18. The predicted molar refractivity (Wildman–Crippen MR) is 89.0 cm³/mol. The summed E-state index contributed by atoms with van der Waals surface area (Å²) in [7, 11) is 1.54. The lowest BCUT2D eigenvalue weighted by atomic mass is 10.1. The number of aryl methyl sites for hydroxylation is 1. The average Bonchev–Trinajstić information content (AvgIpc) is 3.10. The molecule has 3 rings (SSSR count). The van der Waals surface area contributed by atoms with Gasteiger partial charge in [-0.05, 0) is 12.0 Å². The van der Waals surface area contributed by atoms with Crippen LogP contribution in [0.1, 0.15) is 18.4 Å². The average molecular weight is 327 g/mol. The molecule has 1 aliphatic rings. The van der Waals surface area contributed by atoms with E-state index in [1.165, 1.54) is 5.56 Å². The van der Waals surface area contributed by atoms with Crippen LogP contribution in [-0.4, -0.2) is 47.3 Å². The first-order valence-corrected chi connectivity index (χ1v) is 8.10. The second kappa shape index (κ2) is 7.77. The summed E-state index contributed by atoms with van der Waals surface area (Å²) in [6, 6.07) is 13.5. The maximum Gasteiger partial charge on any atom is 0.233 e. The molecule has 1 aliphatic heterocycles. The highest BCUT2D eigenvalue weighted by Gasteiger charge is 2.27. The van der Waals surface area contributed by atoms with Crippen molar-refractivity contribution >= 4 is 5.91 Å². The fourth-order valence-corrected chi connectivity index (χ4v) is 2.76. The molecule has 1 aromatic carbocycles. The molecule has 1 amide bonds. The number of aromatic nitrogens is 2. The van der Waals surface area contributed by atoms with Gasteiger partial charge in [-0.2, -0.15) is 0 Å². The predicted octanol–water partition coefficient (Wildman–Crippen LogP) is 2.10. The Morgan fingerprint density at radius 2 is 1.92 bits per heavy atom. The molecule has 0 unspecified atom stereocenters. The van der Waals surface area contributed by atoms with E-state index in [4.69, 9.17) is 9.47 Å². The second-order valence-corrected chi connectivity index (χ2v) is 5.77. The van der Waals surface area contributed by atoms with E-state index in [-0.39, 0.29) is 12.0 Å². The van der Waals surface area contributed by atoms with Gasteiger partial charge in [-0.25, -0.2) is 0 Å². The molecule has 1 saturated heterocycles. The highest BCUT2D eigenvalue weighted by atomic mass is 16.5. The Labute approximate surface area is 141 Å². The quantitative estimate of drug-likeness (QED) is 0.813. The molecule has 0 saturated carbocycles. The normalized spacial score (nSPS) is 16.9. The lowest BCUT2D eigenvalue weighted by Gasteiger charge is -2.17. The van der Waals surface area contributed by atoms with Crippen molar-refractivity contribution in [2.24, 2.45) is 0 Å². The number of carbonyl (C=O) groups excluding carboxylic acids is 1. The summed E-state index contributed by atoms with van der Waals surface area (Å²) in [4.78, 5) is 14.2. The van der Waals surface area contributed by atoms with Gasteiger partial charge in [-0.1, -0.05) is 30.3 Å². The van der Waals surface area contributed by atoms with Crippen LogP contribution in [0.15, 0.2) is 42.5 Å². The van der Waals surface area contributed by atoms with Crippen LogP contribution < -0.4 is 9.47 Å². The van der Waals surface area contributed by atoms with E-state index in [2.05, 4.69) is 10.2 Å². The van der Waals surface area contributed by atoms with Gasteiger partial charge in [0.25, 0.3) is 0 Å².